The van der Waals surface area contributed by atoms with E-state index >= 15 is 0 Å². The minimum Gasteiger partial charge on any atom is -0.373 e. The predicted molar refractivity (Wildman–Crippen MR) is 112 cm³/mol. The molecule has 3 atom stereocenters. The normalized spacial score (nSPS) is 25.7. The first kappa shape index (κ1) is 22.0. The van der Waals surface area contributed by atoms with Crippen molar-refractivity contribution in [1.82, 2.24) is 15.5 Å². The van der Waals surface area contributed by atoms with Gasteiger partial charge in [0, 0.05) is 32.7 Å². The van der Waals surface area contributed by atoms with E-state index in [0.717, 1.165) is 38.1 Å². The first-order valence-electron chi connectivity index (χ1n) is 9.56. The maximum atomic E-state index is 6.00. The van der Waals surface area contributed by atoms with Gasteiger partial charge in [-0.15, -0.1) is 24.0 Å². The number of nitrogens with one attached hydrogen (secondary N) is 2. The smallest absolute Gasteiger partial charge is 0.191 e. The molecule has 5 nitrogen and oxygen atoms in total. The Bertz CT molecular complexity index is 367. The van der Waals surface area contributed by atoms with Gasteiger partial charge in [0.15, 0.2) is 5.96 Å². The predicted octanol–water partition coefficient (Wildman–Crippen LogP) is 2.85. The number of ether oxygens (including phenoxy) is 1. The lowest BCUT2D eigenvalue weighted by molar-refractivity contribution is -0.0453. The minimum atomic E-state index is 0. The van der Waals surface area contributed by atoms with Crippen molar-refractivity contribution in [3.05, 3.63) is 0 Å². The van der Waals surface area contributed by atoms with Crippen LogP contribution >= 0.6 is 24.0 Å². The highest BCUT2D eigenvalue weighted by Crippen LogP contribution is 2.22. The molecule has 0 aromatic rings. The molecule has 0 aromatic heterocycles. The first-order chi connectivity index (χ1) is 11.3. The summed E-state index contributed by atoms with van der Waals surface area (Å²) in [7, 11) is 1.85. The van der Waals surface area contributed by atoms with Crippen molar-refractivity contribution >= 4 is 29.9 Å². The zero-order valence-corrected chi connectivity index (χ0v) is 18.1. The standard InChI is InChI=1S/C18H36N4O.HI/c1-4-6-8-15(5-2)11-20-18(19-3)21-12-17-13-22-10-7-9-16(22)14-23-17;/h15-17H,4-14H2,1-3H3,(H2,19,20,21);1H. The topological polar surface area (TPSA) is 48.9 Å². The second kappa shape index (κ2) is 12.3. The molecule has 2 aliphatic rings. The summed E-state index contributed by atoms with van der Waals surface area (Å²) in [6, 6.07) is 0.674. The quantitative estimate of drug-likeness (QED) is 0.338. The molecule has 0 amide bonds. The van der Waals surface area contributed by atoms with E-state index in [2.05, 4.69) is 34.4 Å². The van der Waals surface area contributed by atoms with Crippen molar-refractivity contribution in [1.29, 1.82) is 0 Å². The van der Waals surface area contributed by atoms with Gasteiger partial charge in [-0.05, 0) is 31.7 Å². The fraction of sp³-hybridized carbons (Fsp3) is 0.944. The molecule has 24 heavy (non-hydrogen) atoms. The van der Waals surface area contributed by atoms with Crippen LogP contribution in [0.2, 0.25) is 0 Å². The number of morpholine rings is 1. The number of hydrogen-bond acceptors (Lipinski definition) is 3. The highest BCUT2D eigenvalue weighted by Gasteiger charge is 2.32. The molecule has 3 unspecified atom stereocenters. The Morgan fingerprint density at radius 3 is 2.88 bits per heavy atom. The van der Waals surface area contributed by atoms with Gasteiger partial charge in [0.1, 0.15) is 0 Å². The molecule has 2 aliphatic heterocycles. The van der Waals surface area contributed by atoms with Crippen LogP contribution < -0.4 is 10.6 Å². The molecule has 0 bridgehead atoms. The molecular weight excluding hydrogens is 415 g/mol. The summed E-state index contributed by atoms with van der Waals surface area (Å²) in [5.74, 6) is 1.65. The van der Waals surface area contributed by atoms with E-state index < -0.39 is 0 Å². The lowest BCUT2D eigenvalue weighted by Gasteiger charge is -2.35. The number of unbranched alkanes of at least 4 members (excludes halogenated alkanes) is 1. The number of halogens is 1. The number of nitrogens with zero attached hydrogens (tertiary/aromatic N) is 2. The van der Waals surface area contributed by atoms with Crippen LogP contribution in [-0.4, -0.2) is 62.8 Å². The maximum absolute atomic E-state index is 6.00. The second-order valence-electron chi connectivity index (χ2n) is 7.00. The van der Waals surface area contributed by atoms with Crippen molar-refractivity contribution in [3.8, 4) is 0 Å². The van der Waals surface area contributed by atoms with E-state index in [9.17, 15) is 0 Å². The van der Waals surface area contributed by atoms with Crippen LogP contribution in [0.25, 0.3) is 0 Å². The first-order valence-corrected chi connectivity index (χ1v) is 9.56. The molecule has 0 aromatic carbocycles. The van der Waals surface area contributed by atoms with E-state index in [1.54, 1.807) is 0 Å². The monoisotopic (exact) mass is 452 g/mol. The molecule has 2 fully saturated rings. The fourth-order valence-electron chi connectivity index (χ4n) is 3.62. The van der Waals surface area contributed by atoms with Gasteiger partial charge in [0.05, 0.1) is 12.7 Å². The highest BCUT2D eigenvalue weighted by atomic mass is 127. The number of guanidine groups is 1. The number of aliphatic imine (C=N–C) groups is 1. The summed E-state index contributed by atoms with van der Waals surface area (Å²) in [6.07, 6.45) is 8.04. The second-order valence-corrected chi connectivity index (χ2v) is 7.00. The van der Waals surface area contributed by atoms with Crippen molar-refractivity contribution in [2.45, 2.75) is 64.5 Å². The summed E-state index contributed by atoms with van der Waals surface area (Å²) >= 11 is 0. The Morgan fingerprint density at radius 2 is 2.17 bits per heavy atom. The van der Waals surface area contributed by atoms with Crippen molar-refractivity contribution in [2.75, 3.05) is 39.8 Å². The Kier molecular flexibility index (Phi) is 11.3. The molecule has 2 heterocycles. The summed E-state index contributed by atoms with van der Waals surface area (Å²) in [5, 5.41) is 6.93. The zero-order valence-electron chi connectivity index (χ0n) is 15.7. The van der Waals surface area contributed by atoms with Gasteiger partial charge in [-0.3, -0.25) is 9.89 Å². The Hall–Kier alpha value is -0.0800. The SMILES string of the molecule is CCCCC(CC)CNC(=NC)NCC1CN2CCCC2CO1.I. The summed E-state index contributed by atoms with van der Waals surface area (Å²) in [6.45, 7) is 9.59. The van der Waals surface area contributed by atoms with E-state index in [1.165, 1.54) is 45.1 Å². The lowest BCUT2D eigenvalue weighted by atomic mass is 9.99. The molecule has 2 rings (SSSR count). The number of rotatable bonds is 8. The van der Waals surface area contributed by atoms with E-state index in [-0.39, 0.29) is 30.1 Å². The van der Waals surface area contributed by atoms with Crippen LogP contribution in [0.5, 0.6) is 0 Å². The van der Waals surface area contributed by atoms with Crippen molar-refractivity contribution < 1.29 is 4.74 Å². The largest absolute Gasteiger partial charge is 0.373 e. The zero-order chi connectivity index (χ0) is 16.5. The molecule has 142 valence electrons. The summed E-state index contributed by atoms with van der Waals surface area (Å²) in [4.78, 5) is 6.94. The third-order valence-corrected chi connectivity index (χ3v) is 5.28. The molecule has 2 saturated heterocycles. The van der Waals surface area contributed by atoms with E-state index in [4.69, 9.17) is 4.74 Å². The summed E-state index contributed by atoms with van der Waals surface area (Å²) in [5.41, 5.74) is 0. The molecule has 0 saturated carbocycles. The van der Waals surface area contributed by atoms with E-state index in [1.807, 2.05) is 7.05 Å². The third-order valence-electron chi connectivity index (χ3n) is 5.28. The number of fused-ring (bicyclic) bond motifs is 1. The van der Waals surface area contributed by atoms with Crippen LogP contribution in [0.15, 0.2) is 4.99 Å². The van der Waals surface area contributed by atoms with Gasteiger partial charge in [0.25, 0.3) is 0 Å². The van der Waals surface area contributed by atoms with Crippen LogP contribution in [0, 0.1) is 5.92 Å². The fourth-order valence-corrected chi connectivity index (χ4v) is 3.62. The van der Waals surface area contributed by atoms with Crippen molar-refractivity contribution in [2.24, 2.45) is 10.9 Å². The number of hydrogen-bond donors (Lipinski definition) is 2. The van der Waals surface area contributed by atoms with Gasteiger partial charge in [0.2, 0.25) is 0 Å². The van der Waals surface area contributed by atoms with Crippen LogP contribution in [0.3, 0.4) is 0 Å². The van der Waals surface area contributed by atoms with Crippen LogP contribution in [-0.2, 0) is 4.74 Å². The molecule has 0 spiro atoms. The van der Waals surface area contributed by atoms with Crippen molar-refractivity contribution in [3.63, 3.8) is 0 Å². The van der Waals surface area contributed by atoms with Gasteiger partial charge in [-0.2, -0.15) is 0 Å². The van der Waals surface area contributed by atoms with Crippen LogP contribution in [0.4, 0.5) is 0 Å². The molecule has 0 aliphatic carbocycles. The average Bonchev–Trinajstić information content (AvgIpc) is 3.05. The minimum absolute atomic E-state index is 0. The highest BCUT2D eigenvalue weighted by molar-refractivity contribution is 14.0. The third kappa shape index (κ3) is 7.04. The van der Waals surface area contributed by atoms with Crippen LogP contribution in [0.1, 0.15) is 52.4 Å². The maximum Gasteiger partial charge on any atom is 0.191 e. The molecular formula is C18H37IN4O. The Balaban J connectivity index is 0.00000288. The van der Waals surface area contributed by atoms with Gasteiger partial charge in [-0.1, -0.05) is 33.1 Å². The van der Waals surface area contributed by atoms with E-state index in [0.29, 0.717) is 6.04 Å². The molecule has 2 N–H and O–H groups in total. The lowest BCUT2D eigenvalue weighted by Crippen LogP contribution is -2.51. The average molecular weight is 452 g/mol. The summed E-state index contributed by atoms with van der Waals surface area (Å²) < 4.78 is 6.00. The van der Waals surface area contributed by atoms with Gasteiger partial charge < -0.3 is 15.4 Å². The Morgan fingerprint density at radius 1 is 1.33 bits per heavy atom. The molecule has 0 radical (unpaired) electrons. The van der Waals surface area contributed by atoms with Gasteiger partial charge in [-0.25, -0.2) is 0 Å². The Labute approximate surface area is 165 Å². The van der Waals surface area contributed by atoms with Gasteiger partial charge >= 0.3 is 0 Å². The molecule has 6 heteroatoms.